The number of amides is 1. The number of rotatable bonds is 7. The van der Waals surface area contributed by atoms with Crippen molar-refractivity contribution in [3.8, 4) is 0 Å². The van der Waals surface area contributed by atoms with Gasteiger partial charge in [-0.3, -0.25) is 14.9 Å². The Labute approximate surface area is 194 Å². The van der Waals surface area contributed by atoms with Crippen LogP contribution in [0.5, 0.6) is 0 Å². The van der Waals surface area contributed by atoms with Gasteiger partial charge in [0, 0.05) is 50.9 Å². The summed E-state index contributed by atoms with van der Waals surface area (Å²) >= 11 is 0. The van der Waals surface area contributed by atoms with Crippen molar-refractivity contribution in [1.82, 2.24) is 9.21 Å². The van der Waals surface area contributed by atoms with Crippen LogP contribution in [0, 0.1) is 24.0 Å². The minimum atomic E-state index is -3.81. The van der Waals surface area contributed by atoms with Gasteiger partial charge in [-0.15, -0.1) is 0 Å². The van der Waals surface area contributed by atoms with Gasteiger partial charge in [-0.05, 0) is 37.6 Å². The molecular formula is C23H30N4O5S. The predicted octanol–water partition coefficient (Wildman–Crippen LogP) is 3.20. The van der Waals surface area contributed by atoms with E-state index < -0.39 is 14.9 Å². The molecule has 1 aliphatic rings. The molecule has 0 radical (unpaired) electrons. The molecule has 178 valence electrons. The third kappa shape index (κ3) is 5.01. The smallest absolute Gasteiger partial charge is 0.293 e. The highest BCUT2D eigenvalue weighted by atomic mass is 32.2. The zero-order valence-corrected chi connectivity index (χ0v) is 20.3. The Kier molecular flexibility index (Phi) is 7.38. The Morgan fingerprint density at radius 2 is 1.67 bits per heavy atom. The van der Waals surface area contributed by atoms with E-state index in [1.165, 1.54) is 16.4 Å². The maximum atomic E-state index is 13.0. The monoisotopic (exact) mass is 474 g/mol. The van der Waals surface area contributed by atoms with E-state index in [1.54, 1.807) is 18.7 Å². The second-order valence-electron chi connectivity index (χ2n) is 8.09. The number of carbonyl (C=O) groups is 1. The van der Waals surface area contributed by atoms with Gasteiger partial charge in [0.05, 0.1) is 9.82 Å². The molecule has 10 heteroatoms. The highest BCUT2D eigenvalue weighted by Gasteiger charge is 2.30. The van der Waals surface area contributed by atoms with E-state index >= 15 is 0 Å². The lowest BCUT2D eigenvalue weighted by Crippen LogP contribution is -2.49. The molecule has 1 saturated heterocycles. The number of nitro benzene ring substituents is 1. The van der Waals surface area contributed by atoms with Gasteiger partial charge in [0.25, 0.3) is 11.6 Å². The summed E-state index contributed by atoms with van der Waals surface area (Å²) in [6.07, 6.45) is 0. The minimum Gasteiger partial charge on any atom is -0.362 e. The van der Waals surface area contributed by atoms with Crippen LogP contribution in [-0.2, 0) is 10.0 Å². The molecule has 0 saturated carbocycles. The van der Waals surface area contributed by atoms with Crippen LogP contribution in [0.25, 0.3) is 0 Å². The molecule has 33 heavy (non-hydrogen) atoms. The number of hydrogen-bond acceptors (Lipinski definition) is 6. The Morgan fingerprint density at radius 1 is 1.03 bits per heavy atom. The van der Waals surface area contributed by atoms with Crippen molar-refractivity contribution in [3.63, 3.8) is 0 Å². The number of nitrogens with zero attached hydrogens (tertiary/aromatic N) is 4. The third-order valence-electron chi connectivity index (χ3n) is 6.01. The summed E-state index contributed by atoms with van der Waals surface area (Å²) < 4.78 is 26.9. The molecule has 2 aromatic carbocycles. The van der Waals surface area contributed by atoms with Gasteiger partial charge in [-0.2, -0.15) is 4.31 Å². The first-order chi connectivity index (χ1) is 15.6. The van der Waals surface area contributed by atoms with E-state index in [0.29, 0.717) is 37.4 Å². The van der Waals surface area contributed by atoms with Gasteiger partial charge >= 0.3 is 0 Å². The fourth-order valence-electron chi connectivity index (χ4n) is 4.16. The molecule has 0 aromatic heterocycles. The van der Waals surface area contributed by atoms with E-state index in [0.717, 1.165) is 17.2 Å². The number of nitro groups is 1. The van der Waals surface area contributed by atoms with Crippen LogP contribution in [0.4, 0.5) is 11.4 Å². The van der Waals surface area contributed by atoms with Crippen molar-refractivity contribution >= 4 is 27.3 Å². The molecule has 3 rings (SSSR count). The summed E-state index contributed by atoms with van der Waals surface area (Å²) in [5.41, 5.74) is 2.77. The standard InChI is InChI=1S/C23H30N4O5S/c1-5-26(6-2)33(31,32)19-8-10-21(22(16-19)27(29)30)24-11-13-25(14-12-24)23(28)20-9-7-17(3)15-18(20)4/h7-10,15-16H,5-6,11-14H2,1-4H3. The van der Waals surface area contributed by atoms with Gasteiger partial charge < -0.3 is 9.80 Å². The predicted molar refractivity (Wildman–Crippen MR) is 127 cm³/mol. The van der Waals surface area contributed by atoms with Crippen LogP contribution in [0.3, 0.4) is 0 Å². The summed E-state index contributed by atoms with van der Waals surface area (Å²) in [4.78, 5) is 27.7. The van der Waals surface area contributed by atoms with E-state index in [9.17, 15) is 23.3 Å². The largest absolute Gasteiger partial charge is 0.362 e. The molecule has 1 amide bonds. The zero-order valence-electron chi connectivity index (χ0n) is 19.4. The highest BCUT2D eigenvalue weighted by Crippen LogP contribution is 2.32. The molecule has 0 bridgehead atoms. The summed E-state index contributed by atoms with van der Waals surface area (Å²) in [5.74, 6) is -0.0534. The van der Waals surface area contributed by atoms with Crippen molar-refractivity contribution in [2.24, 2.45) is 0 Å². The van der Waals surface area contributed by atoms with Crippen LogP contribution >= 0.6 is 0 Å². The maximum absolute atomic E-state index is 13.0. The van der Waals surface area contributed by atoms with Crippen molar-refractivity contribution in [2.75, 3.05) is 44.2 Å². The lowest BCUT2D eigenvalue weighted by atomic mass is 10.0. The van der Waals surface area contributed by atoms with Crippen LogP contribution in [-0.4, -0.2) is 67.7 Å². The molecular weight excluding hydrogens is 444 g/mol. The lowest BCUT2D eigenvalue weighted by Gasteiger charge is -2.36. The van der Waals surface area contributed by atoms with E-state index in [-0.39, 0.29) is 29.6 Å². The number of carbonyl (C=O) groups excluding carboxylic acids is 1. The number of aryl methyl sites for hydroxylation is 2. The van der Waals surface area contributed by atoms with Gasteiger partial charge in [-0.1, -0.05) is 31.5 Å². The number of benzene rings is 2. The normalized spacial score (nSPS) is 14.6. The quantitative estimate of drug-likeness (QED) is 0.451. The van der Waals surface area contributed by atoms with Crippen molar-refractivity contribution < 1.29 is 18.1 Å². The molecule has 0 aliphatic carbocycles. The van der Waals surface area contributed by atoms with Crippen LogP contribution < -0.4 is 4.90 Å². The Bertz CT molecular complexity index is 1150. The van der Waals surface area contributed by atoms with Crippen LogP contribution in [0.15, 0.2) is 41.3 Å². The summed E-state index contributed by atoms with van der Waals surface area (Å²) in [7, 11) is -3.81. The first kappa shape index (κ1) is 24.7. The average Bonchev–Trinajstić information content (AvgIpc) is 2.79. The van der Waals surface area contributed by atoms with Crippen molar-refractivity contribution in [3.05, 3.63) is 63.2 Å². The van der Waals surface area contributed by atoms with Gasteiger partial charge in [0.1, 0.15) is 5.69 Å². The topological polar surface area (TPSA) is 104 Å². The van der Waals surface area contributed by atoms with E-state index in [4.69, 9.17) is 0 Å². The summed E-state index contributed by atoms with van der Waals surface area (Å²) in [6.45, 7) is 9.57. The highest BCUT2D eigenvalue weighted by molar-refractivity contribution is 7.89. The molecule has 0 N–H and O–H groups in total. The fraction of sp³-hybridized carbons (Fsp3) is 0.435. The SMILES string of the molecule is CCN(CC)S(=O)(=O)c1ccc(N2CCN(C(=O)c3ccc(C)cc3C)CC2)c([N+](=O)[O-])c1. The number of sulfonamides is 1. The van der Waals surface area contributed by atoms with Gasteiger partial charge in [0.2, 0.25) is 10.0 Å². The maximum Gasteiger partial charge on any atom is 0.293 e. The molecule has 0 spiro atoms. The van der Waals surface area contributed by atoms with Crippen molar-refractivity contribution in [1.29, 1.82) is 0 Å². The molecule has 1 fully saturated rings. The van der Waals surface area contributed by atoms with E-state index in [1.807, 2.05) is 36.9 Å². The zero-order chi connectivity index (χ0) is 24.3. The first-order valence-electron chi connectivity index (χ1n) is 11.0. The van der Waals surface area contributed by atoms with Crippen molar-refractivity contribution in [2.45, 2.75) is 32.6 Å². The molecule has 1 heterocycles. The average molecular weight is 475 g/mol. The third-order valence-corrected chi connectivity index (χ3v) is 8.05. The first-order valence-corrected chi connectivity index (χ1v) is 12.4. The van der Waals surface area contributed by atoms with E-state index in [2.05, 4.69) is 0 Å². The second-order valence-corrected chi connectivity index (χ2v) is 10.0. The Morgan fingerprint density at radius 3 is 2.21 bits per heavy atom. The van der Waals surface area contributed by atoms with Gasteiger partial charge in [-0.25, -0.2) is 8.42 Å². The summed E-state index contributed by atoms with van der Waals surface area (Å²) in [5, 5.41) is 11.8. The Hall–Kier alpha value is -2.98. The molecule has 9 nitrogen and oxygen atoms in total. The number of piperazine rings is 1. The molecule has 0 unspecified atom stereocenters. The summed E-state index contributed by atoms with van der Waals surface area (Å²) in [6, 6.07) is 9.77. The van der Waals surface area contributed by atoms with Crippen LogP contribution in [0.1, 0.15) is 35.3 Å². The molecule has 2 aromatic rings. The number of hydrogen-bond donors (Lipinski definition) is 0. The second kappa shape index (κ2) is 9.88. The van der Waals surface area contributed by atoms with Crippen LogP contribution in [0.2, 0.25) is 0 Å². The lowest BCUT2D eigenvalue weighted by molar-refractivity contribution is -0.384. The fourth-order valence-corrected chi connectivity index (χ4v) is 5.64. The molecule has 1 aliphatic heterocycles. The van der Waals surface area contributed by atoms with Gasteiger partial charge in [0.15, 0.2) is 0 Å². The Balaban J connectivity index is 1.81. The minimum absolute atomic E-state index is 0.0534. The molecule has 0 atom stereocenters. The number of anilines is 1.